The molecule has 0 aromatic carbocycles. The summed E-state index contributed by atoms with van der Waals surface area (Å²) in [6.07, 6.45) is 15.6. The molecule has 0 bridgehead atoms. The molecule has 0 amide bonds. The first-order valence-electron chi connectivity index (χ1n) is 7.85. The summed E-state index contributed by atoms with van der Waals surface area (Å²) in [4.78, 5) is 0. The van der Waals surface area contributed by atoms with E-state index >= 15 is 0 Å². The van der Waals surface area contributed by atoms with Crippen LogP contribution in [0.3, 0.4) is 0 Å². The monoisotopic (exact) mass is 255 g/mol. The maximum absolute atomic E-state index is 3.88. The van der Waals surface area contributed by atoms with Gasteiger partial charge in [-0.1, -0.05) is 103 Å². The summed E-state index contributed by atoms with van der Waals surface area (Å²) in [5, 5.41) is 0. The molecule has 1 radical (unpaired) electrons. The lowest BCUT2D eigenvalue weighted by Gasteiger charge is -2.14. The minimum Gasteiger partial charge on any atom is -0.0695 e. The zero-order valence-corrected chi connectivity index (χ0v) is 13.7. The highest BCUT2D eigenvalue weighted by Crippen LogP contribution is 2.16. The Hall–Kier alpha value is 0.217. The maximum atomic E-state index is 3.88. The topological polar surface area (TPSA) is 0 Å². The van der Waals surface area contributed by atoms with Gasteiger partial charge in [0.2, 0.25) is 0 Å². The summed E-state index contributed by atoms with van der Waals surface area (Å²) in [5.74, 6) is 0. The standard InChI is InChI=1S/C16H35Si/c1-5-6-7-8-9-10-11-12-13-14-15-16-17(2,3)4/h1,5-16H2,2-4H3. The van der Waals surface area contributed by atoms with Crippen molar-refractivity contribution in [1.29, 1.82) is 0 Å². The number of unbranched alkanes of at least 4 members (excludes halogenated alkanes) is 10. The predicted molar refractivity (Wildman–Crippen MR) is 84.3 cm³/mol. The minimum absolute atomic E-state index is 0.756. The first-order chi connectivity index (χ1) is 8.06. The SMILES string of the molecule is [CH2]CCCCCCCCCCCC[Si](C)(C)C. The molecule has 0 aromatic rings. The van der Waals surface area contributed by atoms with E-state index in [1.807, 2.05) is 0 Å². The van der Waals surface area contributed by atoms with Gasteiger partial charge in [0.05, 0.1) is 0 Å². The largest absolute Gasteiger partial charge is 0.0695 e. The summed E-state index contributed by atoms with van der Waals surface area (Å²) < 4.78 is 0. The van der Waals surface area contributed by atoms with E-state index in [2.05, 4.69) is 26.6 Å². The highest BCUT2D eigenvalue weighted by Gasteiger charge is 2.11. The zero-order chi connectivity index (χ0) is 13.0. The third-order valence-corrected chi connectivity index (χ3v) is 5.28. The molecular formula is C16H35Si. The van der Waals surface area contributed by atoms with Crippen LogP contribution in [0.4, 0.5) is 0 Å². The van der Waals surface area contributed by atoms with E-state index in [0.29, 0.717) is 0 Å². The Labute approximate surface area is 112 Å². The molecule has 17 heavy (non-hydrogen) atoms. The molecule has 0 N–H and O–H groups in total. The van der Waals surface area contributed by atoms with Crippen molar-refractivity contribution in [2.75, 3.05) is 0 Å². The molecule has 0 aromatic heterocycles. The number of hydrogen-bond acceptors (Lipinski definition) is 0. The molecule has 0 nitrogen and oxygen atoms in total. The molecule has 0 saturated heterocycles. The average Bonchev–Trinajstić information content (AvgIpc) is 2.24. The van der Waals surface area contributed by atoms with Crippen molar-refractivity contribution in [2.24, 2.45) is 0 Å². The number of hydrogen-bond donors (Lipinski definition) is 0. The zero-order valence-electron chi connectivity index (χ0n) is 12.7. The minimum atomic E-state index is -0.756. The average molecular weight is 256 g/mol. The molecule has 0 saturated carbocycles. The molecule has 1 heteroatoms. The molecule has 103 valence electrons. The lowest BCUT2D eigenvalue weighted by atomic mass is 10.1. The van der Waals surface area contributed by atoms with Gasteiger partial charge in [0.1, 0.15) is 0 Å². The fourth-order valence-electron chi connectivity index (χ4n) is 2.25. The van der Waals surface area contributed by atoms with E-state index in [-0.39, 0.29) is 0 Å². The van der Waals surface area contributed by atoms with Gasteiger partial charge in [-0.25, -0.2) is 0 Å². The van der Waals surface area contributed by atoms with Crippen LogP contribution in [0.25, 0.3) is 0 Å². The summed E-state index contributed by atoms with van der Waals surface area (Å²) in [6.45, 7) is 11.3. The Morgan fingerprint density at radius 2 is 0.941 bits per heavy atom. The molecule has 0 aliphatic carbocycles. The third kappa shape index (κ3) is 16.2. The normalized spacial score (nSPS) is 12.0. The maximum Gasteiger partial charge on any atom is 0.0442 e. The van der Waals surface area contributed by atoms with Crippen LogP contribution in [0, 0.1) is 6.92 Å². The van der Waals surface area contributed by atoms with Gasteiger partial charge in [0.15, 0.2) is 0 Å². The number of rotatable bonds is 12. The summed E-state index contributed by atoms with van der Waals surface area (Å²) in [6, 6.07) is 1.53. The van der Waals surface area contributed by atoms with Gasteiger partial charge in [-0.3, -0.25) is 0 Å². The second kappa shape index (κ2) is 11.3. The van der Waals surface area contributed by atoms with Gasteiger partial charge in [0.25, 0.3) is 0 Å². The van der Waals surface area contributed by atoms with Crippen LogP contribution in [0.2, 0.25) is 25.7 Å². The van der Waals surface area contributed by atoms with Crippen LogP contribution in [-0.2, 0) is 0 Å². The smallest absolute Gasteiger partial charge is 0.0442 e. The Bertz CT molecular complexity index is 146. The third-order valence-electron chi connectivity index (χ3n) is 3.43. The van der Waals surface area contributed by atoms with Crippen molar-refractivity contribution in [3.8, 4) is 0 Å². The van der Waals surface area contributed by atoms with E-state index in [9.17, 15) is 0 Å². The molecule has 0 aliphatic heterocycles. The quantitative estimate of drug-likeness (QED) is 0.278. The van der Waals surface area contributed by atoms with E-state index in [1.54, 1.807) is 0 Å². The van der Waals surface area contributed by atoms with Crippen molar-refractivity contribution in [3.05, 3.63) is 6.92 Å². The molecular weight excluding hydrogens is 220 g/mol. The lowest BCUT2D eigenvalue weighted by Crippen LogP contribution is -2.18. The van der Waals surface area contributed by atoms with Crippen molar-refractivity contribution in [1.82, 2.24) is 0 Å². The van der Waals surface area contributed by atoms with Crippen LogP contribution >= 0.6 is 0 Å². The Balaban J connectivity index is 2.99. The van der Waals surface area contributed by atoms with Crippen LogP contribution in [0.5, 0.6) is 0 Å². The first-order valence-corrected chi connectivity index (χ1v) is 11.6. The van der Waals surface area contributed by atoms with Gasteiger partial charge in [-0.2, -0.15) is 0 Å². The van der Waals surface area contributed by atoms with Crippen molar-refractivity contribution >= 4 is 8.07 Å². The highest BCUT2D eigenvalue weighted by atomic mass is 28.3. The Kier molecular flexibility index (Phi) is 11.5. The van der Waals surface area contributed by atoms with Gasteiger partial charge in [0, 0.05) is 8.07 Å². The van der Waals surface area contributed by atoms with E-state index in [4.69, 9.17) is 0 Å². The molecule has 0 rings (SSSR count). The van der Waals surface area contributed by atoms with Gasteiger partial charge >= 0.3 is 0 Å². The lowest BCUT2D eigenvalue weighted by molar-refractivity contribution is 0.557. The first kappa shape index (κ1) is 17.2. The van der Waals surface area contributed by atoms with Gasteiger partial charge in [-0.15, -0.1) is 0 Å². The van der Waals surface area contributed by atoms with Gasteiger partial charge in [-0.05, 0) is 0 Å². The molecule has 0 unspecified atom stereocenters. The second-order valence-electron chi connectivity index (χ2n) is 6.70. The Morgan fingerprint density at radius 1 is 0.588 bits per heavy atom. The van der Waals surface area contributed by atoms with E-state index in [1.165, 1.54) is 70.3 Å². The fourth-order valence-corrected chi connectivity index (χ4v) is 3.56. The molecule has 0 atom stereocenters. The second-order valence-corrected chi connectivity index (χ2v) is 12.3. The highest BCUT2D eigenvalue weighted by molar-refractivity contribution is 6.76. The molecule has 0 heterocycles. The van der Waals surface area contributed by atoms with Crippen LogP contribution < -0.4 is 0 Å². The molecule has 0 spiro atoms. The summed E-state index contributed by atoms with van der Waals surface area (Å²) in [5.41, 5.74) is 0. The van der Waals surface area contributed by atoms with Gasteiger partial charge < -0.3 is 0 Å². The van der Waals surface area contributed by atoms with Crippen LogP contribution in [0.15, 0.2) is 0 Å². The Morgan fingerprint density at radius 3 is 1.29 bits per heavy atom. The van der Waals surface area contributed by atoms with Crippen molar-refractivity contribution < 1.29 is 0 Å². The summed E-state index contributed by atoms with van der Waals surface area (Å²) in [7, 11) is -0.756. The van der Waals surface area contributed by atoms with Crippen LogP contribution in [0.1, 0.15) is 70.6 Å². The molecule has 0 fully saturated rings. The predicted octanol–water partition coefficient (Wildman–Crippen LogP) is 6.45. The van der Waals surface area contributed by atoms with E-state index in [0.717, 1.165) is 6.42 Å². The van der Waals surface area contributed by atoms with Crippen molar-refractivity contribution in [2.45, 2.75) is 96.3 Å². The molecule has 0 aliphatic rings. The van der Waals surface area contributed by atoms with Crippen molar-refractivity contribution in [3.63, 3.8) is 0 Å². The summed E-state index contributed by atoms with van der Waals surface area (Å²) >= 11 is 0. The van der Waals surface area contributed by atoms with Crippen LogP contribution in [-0.4, -0.2) is 8.07 Å². The fraction of sp³-hybridized carbons (Fsp3) is 0.938. The van der Waals surface area contributed by atoms with E-state index < -0.39 is 8.07 Å².